The van der Waals surface area contributed by atoms with Gasteiger partial charge in [-0.2, -0.15) is 13.2 Å². The van der Waals surface area contributed by atoms with Crippen LogP contribution in [-0.4, -0.2) is 68.1 Å². The highest BCUT2D eigenvalue weighted by Gasteiger charge is 2.33. The van der Waals surface area contributed by atoms with Crippen molar-refractivity contribution < 1.29 is 18.0 Å². The molecule has 0 saturated carbocycles. The monoisotopic (exact) mass is 478 g/mol. The molecule has 0 aromatic rings. The number of rotatable bonds is 5. The van der Waals surface area contributed by atoms with Crippen LogP contribution in [0.4, 0.5) is 13.2 Å². The molecule has 0 aliphatic carbocycles. The second kappa shape index (κ2) is 10.4. The van der Waals surface area contributed by atoms with E-state index >= 15 is 0 Å². The molecule has 25 heavy (non-hydrogen) atoms. The van der Waals surface area contributed by atoms with Gasteiger partial charge in [0.15, 0.2) is 5.96 Å². The molecule has 0 bridgehead atoms. The number of nitrogens with zero attached hydrogens (tertiary/aromatic N) is 3. The van der Waals surface area contributed by atoms with Gasteiger partial charge in [0.1, 0.15) is 6.54 Å². The van der Waals surface area contributed by atoms with E-state index in [2.05, 4.69) is 29.1 Å². The Labute approximate surface area is 165 Å². The molecule has 1 atom stereocenters. The van der Waals surface area contributed by atoms with Gasteiger partial charge in [0, 0.05) is 27.2 Å². The lowest BCUT2D eigenvalue weighted by Crippen LogP contribution is -2.52. The fraction of sp³-hybridized carbons (Fsp3) is 0.875. The number of guanidine groups is 1. The van der Waals surface area contributed by atoms with E-state index in [1.54, 1.807) is 7.05 Å². The zero-order valence-electron chi connectivity index (χ0n) is 15.4. The smallest absolute Gasteiger partial charge is 0.347 e. The highest BCUT2D eigenvalue weighted by Crippen LogP contribution is 2.33. The van der Waals surface area contributed by atoms with E-state index in [4.69, 9.17) is 0 Å². The summed E-state index contributed by atoms with van der Waals surface area (Å²) in [6, 6.07) is 0. The molecule has 1 N–H and O–H groups in total. The van der Waals surface area contributed by atoms with Crippen LogP contribution in [0, 0.1) is 5.41 Å². The lowest BCUT2D eigenvalue weighted by Gasteiger charge is -2.42. The molecule has 0 aromatic carbocycles. The van der Waals surface area contributed by atoms with Crippen molar-refractivity contribution in [3.05, 3.63) is 0 Å². The second-order valence-electron chi connectivity index (χ2n) is 6.85. The Morgan fingerprint density at radius 1 is 1.40 bits per heavy atom. The molecule has 1 heterocycles. The van der Waals surface area contributed by atoms with Crippen LogP contribution in [0.2, 0.25) is 0 Å². The number of alkyl halides is 3. The predicted octanol–water partition coefficient (Wildman–Crippen LogP) is 3.10. The largest absolute Gasteiger partial charge is 0.406 e. The highest BCUT2D eigenvalue weighted by molar-refractivity contribution is 14.0. The lowest BCUT2D eigenvalue weighted by molar-refractivity contribution is -0.157. The van der Waals surface area contributed by atoms with Gasteiger partial charge in [-0.05, 0) is 24.7 Å². The molecule has 0 aromatic heterocycles. The van der Waals surface area contributed by atoms with Crippen molar-refractivity contribution in [2.75, 3.05) is 40.3 Å². The van der Waals surface area contributed by atoms with Crippen molar-refractivity contribution in [3.63, 3.8) is 0 Å². The Hall–Kier alpha value is -0.740. The number of nitrogens with one attached hydrogen (secondary N) is 1. The summed E-state index contributed by atoms with van der Waals surface area (Å²) < 4.78 is 37.0. The molecule has 9 heteroatoms. The van der Waals surface area contributed by atoms with Gasteiger partial charge in [-0.25, -0.2) is 0 Å². The lowest BCUT2D eigenvalue weighted by atomic mass is 9.78. The number of carbonyl (C=O) groups excluding carboxylic acids is 1. The van der Waals surface area contributed by atoms with Crippen LogP contribution in [0.15, 0.2) is 4.99 Å². The zero-order chi connectivity index (χ0) is 18.4. The van der Waals surface area contributed by atoms with Crippen LogP contribution in [0.3, 0.4) is 0 Å². The molecule has 0 radical (unpaired) electrons. The van der Waals surface area contributed by atoms with E-state index in [1.165, 1.54) is 0 Å². The van der Waals surface area contributed by atoms with E-state index in [0.29, 0.717) is 10.9 Å². The maximum atomic E-state index is 12.3. The number of piperidine rings is 1. The first-order valence-electron chi connectivity index (χ1n) is 8.36. The van der Waals surface area contributed by atoms with Gasteiger partial charge < -0.3 is 15.1 Å². The maximum Gasteiger partial charge on any atom is 0.406 e. The van der Waals surface area contributed by atoms with Crippen molar-refractivity contribution in [2.45, 2.75) is 45.7 Å². The Morgan fingerprint density at radius 2 is 2.04 bits per heavy atom. The summed E-state index contributed by atoms with van der Waals surface area (Å²) in [5, 5.41) is 2.90. The first kappa shape index (κ1) is 24.3. The summed E-state index contributed by atoms with van der Waals surface area (Å²) in [6.07, 6.45) is 0.0342. The maximum absolute atomic E-state index is 12.3. The van der Waals surface area contributed by atoms with Gasteiger partial charge in [-0.3, -0.25) is 9.79 Å². The van der Waals surface area contributed by atoms with Crippen LogP contribution in [0.5, 0.6) is 0 Å². The third kappa shape index (κ3) is 8.46. The van der Waals surface area contributed by atoms with Gasteiger partial charge >= 0.3 is 6.18 Å². The average molecular weight is 478 g/mol. The number of carbonyl (C=O) groups is 1. The Bertz CT molecular complexity index is 455. The summed E-state index contributed by atoms with van der Waals surface area (Å²) in [5.74, 6) is -0.0346. The third-order valence-electron chi connectivity index (χ3n) is 4.39. The minimum Gasteiger partial charge on any atom is -0.347 e. The van der Waals surface area contributed by atoms with E-state index in [9.17, 15) is 18.0 Å². The molecular weight excluding hydrogens is 448 g/mol. The summed E-state index contributed by atoms with van der Waals surface area (Å²) in [5.41, 5.74) is 0.210. The van der Waals surface area contributed by atoms with Crippen molar-refractivity contribution >= 4 is 35.8 Å². The number of likely N-dealkylation sites (N-methyl/N-ethyl adjacent to an activating group) is 1. The SMILES string of the molecule is CCCC1(C)CCCN(C(=NC)NCC(=O)N(C)CC(F)(F)F)C1.I. The van der Waals surface area contributed by atoms with Crippen LogP contribution < -0.4 is 5.32 Å². The van der Waals surface area contributed by atoms with Gasteiger partial charge in [-0.15, -0.1) is 24.0 Å². The van der Waals surface area contributed by atoms with Gasteiger partial charge in [0.2, 0.25) is 5.91 Å². The standard InChI is InChI=1S/C16H29F3N4O.HI/c1-5-7-15(2)8-6-9-23(11-15)14(20-3)21-10-13(24)22(4)12-16(17,18)19;/h5-12H2,1-4H3,(H,20,21);1H. The molecule has 148 valence electrons. The molecule has 1 saturated heterocycles. The van der Waals surface area contributed by atoms with Crippen molar-refractivity contribution in [1.82, 2.24) is 15.1 Å². The third-order valence-corrected chi connectivity index (χ3v) is 4.39. The number of halogens is 4. The molecule has 0 spiro atoms. The minimum absolute atomic E-state index is 0. The Morgan fingerprint density at radius 3 is 2.56 bits per heavy atom. The number of likely N-dealkylation sites (tertiary alicyclic amines) is 1. The first-order valence-corrected chi connectivity index (χ1v) is 8.36. The van der Waals surface area contributed by atoms with Crippen molar-refractivity contribution in [2.24, 2.45) is 10.4 Å². The highest BCUT2D eigenvalue weighted by atomic mass is 127. The van der Waals surface area contributed by atoms with Crippen LogP contribution in [0.1, 0.15) is 39.5 Å². The van der Waals surface area contributed by atoms with Gasteiger partial charge in [0.05, 0.1) is 6.54 Å². The van der Waals surface area contributed by atoms with E-state index in [-0.39, 0.29) is 35.9 Å². The molecule has 1 amide bonds. The summed E-state index contributed by atoms with van der Waals surface area (Å²) in [6.45, 7) is 4.65. The number of hydrogen-bond donors (Lipinski definition) is 1. The summed E-state index contributed by atoms with van der Waals surface area (Å²) in [4.78, 5) is 18.8. The van der Waals surface area contributed by atoms with Gasteiger partial charge in [-0.1, -0.05) is 20.3 Å². The Kier molecular flexibility index (Phi) is 10.1. The molecule has 1 rings (SSSR count). The van der Waals surface area contributed by atoms with Crippen molar-refractivity contribution in [3.8, 4) is 0 Å². The molecule has 1 fully saturated rings. The molecule has 1 aliphatic heterocycles. The molecule has 5 nitrogen and oxygen atoms in total. The van der Waals surface area contributed by atoms with E-state index in [0.717, 1.165) is 45.8 Å². The molecular formula is C16H30F3IN4O. The fourth-order valence-corrected chi connectivity index (χ4v) is 3.28. The Balaban J connectivity index is 0.00000576. The van der Waals surface area contributed by atoms with E-state index < -0.39 is 18.6 Å². The predicted molar refractivity (Wildman–Crippen MR) is 104 cm³/mol. The summed E-state index contributed by atoms with van der Waals surface area (Å²) in [7, 11) is 2.78. The molecule has 1 unspecified atom stereocenters. The normalized spacial score (nSPS) is 21.6. The van der Waals surface area contributed by atoms with Crippen LogP contribution >= 0.6 is 24.0 Å². The van der Waals surface area contributed by atoms with Crippen molar-refractivity contribution in [1.29, 1.82) is 0 Å². The second-order valence-corrected chi connectivity index (χ2v) is 6.85. The quantitative estimate of drug-likeness (QED) is 0.376. The fourth-order valence-electron chi connectivity index (χ4n) is 3.28. The minimum atomic E-state index is -4.39. The zero-order valence-corrected chi connectivity index (χ0v) is 17.8. The first-order chi connectivity index (χ1) is 11.1. The number of hydrogen-bond acceptors (Lipinski definition) is 2. The molecule has 1 aliphatic rings. The van der Waals surface area contributed by atoms with E-state index in [1.807, 2.05) is 0 Å². The van der Waals surface area contributed by atoms with Crippen LogP contribution in [-0.2, 0) is 4.79 Å². The number of aliphatic imine (C=N–C) groups is 1. The number of amides is 1. The topological polar surface area (TPSA) is 47.9 Å². The summed E-state index contributed by atoms with van der Waals surface area (Å²) >= 11 is 0. The average Bonchev–Trinajstić information content (AvgIpc) is 2.46. The van der Waals surface area contributed by atoms with Gasteiger partial charge in [0.25, 0.3) is 0 Å². The van der Waals surface area contributed by atoms with Crippen LogP contribution in [0.25, 0.3) is 0 Å².